The fourth-order valence-corrected chi connectivity index (χ4v) is 3.12. The number of carbonyl (C=O) groups excluding carboxylic acids is 3. The highest BCUT2D eigenvalue weighted by Crippen LogP contribution is 2.20. The Morgan fingerprint density at radius 1 is 0.964 bits per heavy atom. The van der Waals surface area contributed by atoms with Crippen molar-refractivity contribution < 1.29 is 19.1 Å². The number of carbonyl (C=O) groups is 3. The molecule has 0 saturated carbocycles. The normalized spacial score (nSPS) is 13.9. The topological polar surface area (TPSA) is 73.4 Å². The molecule has 1 aliphatic rings. The smallest absolute Gasteiger partial charge is 0.409 e. The molecule has 0 aromatic heterocycles. The van der Waals surface area contributed by atoms with Crippen LogP contribution in [0.3, 0.4) is 0 Å². The molecule has 1 aromatic carbocycles. The average molecular weight is 390 g/mol. The van der Waals surface area contributed by atoms with Gasteiger partial charge in [-0.15, -0.1) is 0 Å². The first-order valence-electron chi connectivity index (χ1n) is 9.58. The van der Waals surface area contributed by atoms with E-state index in [0.717, 1.165) is 11.4 Å². The van der Waals surface area contributed by atoms with Crippen LogP contribution >= 0.6 is 0 Å². The van der Waals surface area contributed by atoms with Gasteiger partial charge in [-0.25, -0.2) is 4.79 Å². The molecule has 28 heavy (non-hydrogen) atoms. The van der Waals surface area contributed by atoms with E-state index < -0.39 is 0 Å². The predicted molar refractivity (Wildman–Crippen MR) is 109 cm³/mol. The number of hydrogen-bond acceptors (Lipinski definition) is 5. The van der Waals surface area contributed by atoms with Gasteiger partial charge in [-0.05, 0) is 31.2 Å². The zero-order valence-corrected chi connectivity index (χ0v) is 17.2. The van der Waals surface area contributed by atoms with Crippen LogP contribution in [-0.4, -0.2) is 81.1 Å². The maximum absolute atomic E-state index is 12.5. The fourth-order valence-electron chi connectivity index (χ4n) is 3.12. The van der Waals surface area contributed by atoms with Gasteiger partial charge in [-0.1, -0.05) is 0 Å². The molecule has 1 heterocycles. The minimum Gasteiger partial charge on any atom is -0.450 e. The number of amides is 3. The molecule has 8 heteroatoms. The van der Waals surface area contributed by atoms with Crippen LogP contribution in [0.5, 0.6) is 0 Å². The third-order valence-corrected chi connectivity index (χ3v) is 4.77. The van der Waals surface area contributed by atoms with Crippen LogP contribution in [-0.2, 0) is 14.3 Å². The molecule has 154 valence electrons. The number of nitrogens with zero attached hydrogens (tertiary/aromatic N) is 4. The van der Waals surface area contributed by atoms with Crippen molar-refractivity contribution in [2.24, 2.45) is 0 Å². The molecular weight excluding hydrogens is 360 g/mol. The molecule has 0 bridgehead atoms. The molecule has 1 fully saturated rings. The van der Waals surface area contributed by atoms with Crippen LogP contribution in [0.1, 0.15) is 20.3 Å². The maximum Gasteiger partial charge on any atom is 0.409 e. The minimum absolute atomic E-state index is 0.0142. The lowest BCUT2D eigenvalue weighted by atomic mass is 10.2. The first kappa shape index (κ1) is 21.5. The number of hydrogen-bond donors (Lipinski definition) is 0. The van der Waals surface area contributed by atoms with E-state index in [-0.39, 0.29) is 24.3 Å². The van der Waals surface area contributed by atoms with Crippen molar-refractivity contribution in [3.05, 3.63) is 24.3 Å². The number of benzene rings is 1. The van der Waals surface area contributed by atoms with Crippen molar-refractivity contribution in [3.8, 4) is 0 Å². The van der Waals surface area contributed by atoms with E-state index in [1.54, 1.807) is 21.6 Å². The molecule has 2 rings (SSSR count). The van der Waals surface area contributed by atoms with E-state index in [1.165, 1.54) is 6.92 Å². The summed E-state index contributed by atoms with van der Waals surface area (Å²) in [4.78, 5) is 43.3. The second kappa shape index (κ2) is 9.96. The molecule has 3 amide bonds. The molecule has 0 atom stereocenters. The summed E-state index contributed by atoms with van der Waals surface area (Å²) >= 11 is 0. The Morgan fingerprint density at radius 2 is 1.50 bits per heavy atom. The van der Waals surface area contributed by atoms with E-state index in [4.69, 9.17) is 4.74 Å². The zero-order valence-electron chi connectivity index (χ0n) is 17.2. The first-order chi connectivity index (χ1) is 13.3. The lowest BCUT2D eigenvalue weighted by Gasteiger charge is -2.34. The van der Waals surface area contributed by atoms with Gasteiger partial charge in [-0.3, -0.25) is 9.59 Å². The summed E-state index contributed by atoms with van der Waals surface area (Å²) in [7, 11) is 3.91. The van der Waals surface area contributed by atoms with E-state index in [2.05, 4.69) is 0 Å². The van der Waals surface area contributed by atoms with Crippen molar-refractivity contribution >= 4 is 29.3 Å². The SMILES string of the molecule is CCOC(=O)N1CCN(C(=O)CCN(C(C)=O)c2ccc(N(C)C)cc2)CC1. The summed E-state index contributed by atoms with van der Waals surface area (Å²) in [5.74, 6) is -0.114. The molecule has 1 saturated heterocycles. The Labute approximate surface area is 166 Å². The monoisotopic (exact) mass is 390 g/mol. The zero-order chi connectivity index (χ0) is 20.7. The van der Waals surface area contributed by atoms with Gasteiger partial charge in [0.25, 0.3) is 0 Å². The van der Waals surface area contributed by atoms with Gasteiger partial charge < -0.3 is 24.3 Å². The first-order valence-corrected chi connectivity index (χ1v) is 9.58. The van der Waals surface area contributed by atoms with Crippen LogP contribution in [0.4, 0.5) is 16.2 Å². The fraction of sp³-hybridized carbons (Fsp3) is 0.550. The quantitative estimate of drug-likeness (QED) is 0.741. The van der Waals surface area contributed by atoms with E-state index in [9.17, 15) is 14.4 Å². The molecule has 0 N–H and O–H groups in total. The highest BCUT2D eigenvalue weighted by atomic mass is 16.6. The van der Waals surface area contributed by atoms with Crippen molar-refractivity contribution in [1.29, 1.82) is 0 Å². The summed E-state index contributed by atoms with van der Waals surface area (Å²) < 4.78 is 4.99. The molecule has 8 nitrogen and oxygen atoms in total. The molecule has 0 radical (unpaired) electrons. The van der Waals surface area contributed by atoms with Crippen molar-refractivity contribution in [2.75, 3.05) is 63.2 Å². The summed E-state index contributed by atoms with van der Waals surface area (Å²) in [5, 5.41) is 0. The van der Waals surface area contributed by atoms with E-state index in [1.807, 2.05) is 43.3 Å². The van der Waals surface area contributed by atoms with Gasteiger partial charge in [0.1, 0.15) is 0 Å². The van der Waals surface area contributed by atoms with Gasteiger partial charge in [0, 0.05) is 71.5 Å². The van der Waals surface area contributed by atoms with E-state index >= 15 is 0 Å². The Hall–Kier alpha value is -2.77. The lowest BCUT2D eigenvalue weighted by molar-refractivity contribution is -0.132. The van der Waals surface area contributed by atoms with Crippen molar-refractivity contribution in [2.45, 2.75) is 20.3 Å². The van der Waals surface area contributed by atoms with Crippen LogP contribution in [0, 0.1) is 0 Å². The lowest BCUT2D eigenvalue weighted by Crippen LogP contribution is -2.51. The highest BCUT2D eigenvalue weighted by Gasteiger charge is 2.25. The second-order valence-electron chi connectivity index (χ2n) is 6.90. The summed E-state index contributed by atoms with van der Waals surface area (Å²) in [6, 6.07) is 7.67. The molecule has 1 aliphatic heterocycles. The van der Waals surface area contributed by atoms with Crippen molar-refractivity contribution in [1.82, 2.24) is 9.80 Å². The Bertz CT molecular complexity index is 682. The molecule has 0 spiro atoms. The third kappa shape index (κ3) is 5.61. The van der Waals surface area contributed by atoms with Gasteiger partial charge in [0.15, 0.2) is 0 Å². The van der Waals surface area contributed by atoms with Gasteiger partial charge in [-0.2, -0.15) is 0 Å². The average Bonchev–Trinajstić information content (AvgIpc) is 2.68. The summed E-state index contributed by atoms with van der Waals surface area (Å²) in [5.41, 5.74) is 1.82. The third-order valence-electron chi connectivity index (χ3n) is 4.77. The molecule has 0 aliphatic carbocycles. The number of piperazine rings is 1. The Morgan fingerprint density at radius 3 is 2.00 bits per heavy atom. The highest BCUT2D eigenvalue weighted by molar-refractivity contribution is 5.92. The molecule has 0 unspecified atom stereocenters. The summed E-state index contributed by atoms with van der Waals surface area (Å²) in [6.07, 6.45) is -0.0902. The number of ether oxygens (including phenoxy) is 1. The molecular formula is C20H30N4O4. The van der Waals surface area contributed by atoms with E-state index in [0.29, 0.717) is 39.3 Å². The number of rotatable bonds is 6. The van der Waals surface area contributed by atoms with Gasteiger partial charge in [0.2, 0.25) is 11.8 Å². The number of anilines is 2. The standard InChI is InChI=1S/C20H30N4O4/c1-5-28-20(27)23-14-12-22(13-15-23)19(26)10-11-24(16(2)25)18-8-6-17(7-9-18)21(3)4/h6-9H,5,10-15H2,1-4H3. The van der Waals surface area contributed by atoms with Crippen molar-refractivity contribution in [3.63, 3.8) is 0 Å². The molecule has 1 aromatic rings. The van der Waals surface area contributed by atoms with Crippen LogP contribution in [0.2, 0.25) is 0 Å². The predicted octanol–water partition coefficient (Wildman–Crippen LogP) is 1.80. The van der Waals surface area contributed by atoms with Crippen LogP contribution in [0.15, 0.2) is 24.3 Å². The van der Waals surface area contributed by atoms with Gasteiger partial charge in [0.05, 0.1) is 6.61 Å². The van der Waals surface area contributed by atoms with Crippen LogP contribution < -0.4 is 9.80 Å². The second-order valence-corrected chi connectivity index (χ2v) is 6.90. The Kier molecular flexibility index (Phi) is 7.66. The van der Waals surface area contributed by atoms with Gasteiger partial charge >= 0.3 is 6.09 Å². The maximum atomic E-state index is 12.5. The Balaban J connectivity index is 1.89. The summed E-state index contributed by atoms with van der Waals surface area (Å²) in [6.45, 7) is 5.83. The van der Waals surface area contributed by atoms with Crippen LogP contribution in [0.25, 0.3) is 0 Å². The minimum atomic E-state index is -0.335. The largest absolute Gasteiger partial charge is 0.450 e.